The maximum absolute atomic E-state index is 13.2. The van der Waals surface area contributed by atoms with Crippen molar-refractivity contribution in [1.82, 2.24) is 0 Å². The number of aliphatic hydroxyl groups is 1. The van der Waals surface area contributed by atoms with Gasteiger partial charge in [-0.1, -0.05) is 41.4 Å². The number of benzene rings is 3. The van der Waals surface area contributed by atoms with Crippen molar-refractivity contribution >= 4 is 46.3 Å². The summed E-state index contributed by atoms with van der Waals surface area (Å²) in [5, 5.41) is 12.1. The molecular formula is C26H21Cl2NO5. The summed E-state index contributed by atoms with van der Waals surface area (Å²) in [7, 11) is 1.52. The van der Waals surface area contributed by atoms with Crippen LogP contribution in [0.2, 0.25) is 10.0 Å². The lowest BCUT2D eigenvalue weighted by atomic mass is 9.94. The molecule has 1 fully saturated rings. The van der Waals surface area contributed by atoms with Crippen LogP contribution in [0.5, 0.6) is 11.5 Å². The van der Waals surface area contributed by atoms with Gasteiger partial charge < -0.3 is 14.6 Å². The van der Waals surface area contributed by atoms with E-state index in [0.29, 0.717) is 45.0 Å². The second-order valence-electron chi connectivity index (χ2n) is 7.50. The number of Topliss-reactive ketones (excluding diaryl/α,β-unsaturated/α-hetero) is 1. The third kappa shape index (κ3) is 4.34. The SMILES string of the molecule is CCOc1cc(C2/C(=C(/O)c3cccc(Cl)c3)C(=O)C(=O)N2c2ccc(Cl)cc2)ccc1OC. The summed E-state index contributed by atoms with van der Waals surface area (Å²) in [6, 6.07) is 17.2. The number of aliphatic hydroxyl groups excluding tert-OH is 1. The van der Waals surface area contributed by atoms with Crippen LogP contribution in [0.15, 0.2) is 72.3 Å². The van der Waals surface area contributed by atoms with Gasteiger partial charge in [-0.05, 0) is 61.0 Å². The summed E-state index contributed by atoms with van der Waals surface area (Å²) in [6.07, 6.45) is 0. The zero-order valence-electron chi connectivity index (χ0n) is 18.4. The van der Waals surface area contributed by atoms with Crippen molar-refractivity contribution in [3.05, 3.63) is 93.5 Å². The molecule has 1 heterocycles. The lowest BCUT2D eigenvalue weighted by Crippen LogP contribution is -2.29. The molecule has 6 nitrogen and oxygen atoms in total. The number of halogens is 2. The van der Waals surface area contributed by atoms with Crippen LogP contribution >= 0.6 is 23.2 Å². The topological polar surface area (TPSA) is 76.1 Å². The van der Waals surface area contributed by atoms with E-state index in [4.69, 9.17) is 32.7 Å². The Morgan fingerprint density at radius 2 is 1.71 bits per heavy atom. The summed E-state index contributed by atoms with van der Waals surface area (Å²) in [4.78, 5) is 27.8. The van der Waals surface area contributed by atoms with Gasteiger partial charge in [-0.15, -0.1) is 0 Å². The van der Waals surface area contributed by atoms with Crippen molar-refractivity contribution in [3.63, 3.8) is 0 Å². The average molecular weight is 498 g/mol. The van der Waals surface area contributed by atoms with E-state index in [9.17, 15) is 14.7 Å². The zero-order chi connectivity index (χ0) is 24.4. The van der Waals surface area contributed by atoms with Crippen LogP contribution in [0.1, 0.15) is 24.1 Å². The maximum atomic E-state index is 13.2. The molecule has 1 N–H and O–H groups in total. The van der Waals surface area contributed by atoms with Crippen molar-refractivity contribution in [2.24, 2.45) is 0 Å². The van der Waals surface area contributed by atoms with E-state index in [1.165, 1.54) is 18.1 Å². The fraction of sp³-hybridized carbons (Fsp3) is 0.154. The Kier molecular flexibility index (Phi) is 6.82. The normalized spacial score (nSPS) is 17.2. The third-order valence-electron chi connectivity index (χ3n) is 5.45. The first-order valence-corrected chi connectivity index (χ1v) is 11.2. The first-order chi connectivity index (χ1) is 16.3. The van der Waals surface area contributed by atoms with Crippen LogP contribution in [-0.2, 0) is 9.59 Å². The Morgan fingerprint density at radius 3 is 2.35 bits per heavy atom. The summed E-state index contributed by atoms with van der Waals surface area (Å²) >= 11 is 12.1. The smallest absolute Gasteiger partial charge is 0.300 e. The van der Waals surface area contributed by atoms with Crippen molar-refractivity contribution in [2.45, 2.75) is 13.0 Å². The highest BCUT2D eigenvalue weighted by Crippen LogP contribution is 2.44. The van der Waals surface area contributed by atoms with Crippen molar-refractivity contribution in [2.75, 3.05) is 18.6 Å². The standard InChI is InChI=1S/C26H21Cl2NO5/c1-3-34-21-14-15(7-12-20(21)33-2)23-22(24(30)16-5-4-6-18(28)13-16)25(31)26(32)29(23)19-10-8-17(27)9-11-19/h4-14,23,30H,3H2,1-2H3/b24-22-. The molecule has 1 aliphatic heterocycles. The lowest BCUT2D eigenvalue weighted by molar-refractivity contribution is -0.132. The molecule has 0 radical (unpaired) electrons. The van der Waals surface area contributed by atoms with Crippen molar-refractivity contribution < 1.29 is 24.2 Å². The van der Waals surface area contributed by atoms with E-state index in [-0.39, 0.29) is 11.3 Å². The summed E-state index contributed by atoms with van der Waals surface area (Å²) < 4.78 is 11.1. The number of hydrogen-bond acceptors (Lipinski definition) is 5. The molecule has 1 atom stereocenters. The Bertz CT molecular complexity index is 1290. The number of nitrogens with zero attached hydrogens (tertiary/aromatic N) is 1. The van der Waals surface area contributed by atoms with Crippen LogP contribution in [0.3, 0.4) is 0 Å². The Morgan fingerprint density at radius 1 is 0.971 bits per heavy atom. The number of rotatable bonds is 6. The minimum Gasteiger partial charge on any atom is -0.507 e. The van der Waals surface area contributed by atoms with E-state index in [1.54, 1.807) is 60.7 Å². The Labute approximate surface area is 206 Å². The Hall–Kier alpha value is -3.48. The molecule has 4 rings (SSSR count). The number of anilines is 1. The molecule has 0 aliphatic carbocycles. The Balaban J connectivity index is 1.96. The van der Waals surface area contributed by atoms with Crippen LogP contribution in [0.25, 0.3) is 5.76 Å². The molecule has 0 spiro atoms. The molecule has 1 amide bonds. The van der Waals surface area contributed by atoms with Gasteiger partial charge in [0.15, 0.2) is 11.5 Å². The fourth-order valence-corrected chi connectivity index (χ4v) is 4.26. The molecule has 0 aromatic heterocycles. The van der Waals surface area contributed by atoms with Gasteiger partial charge in [-0.25, -0.2) is 0 Å². The molecule has 0 bridgehead atoms. The van der Waals surface area contributed by atoms with Gasteiger partial charge in [0.1, 0.15) is 5.76 Å². The highest BCUT2D eigenvalue weighted by molar-refractivity contribution is 6.51. The van der Waals surface area contributed by atoms with Gasteiger partial charge in [-0.3, -0.25) is 14.5 Å². The van der Waals surface area contributed by atoms with E-state index in [1.807, 2.05) is 6.92 Å². The van der Waals surface area contributed by atoms with Crippen LogP contribution in [-0.4, -0.2) is 30.5 Å². The van der Waals surface area contributed by atoms with E-state index in [2.05, 4.69) is 0 Å². The summed E-state index contributed by atoms with van der Waals surface area (Å²) in [5.74, 6) is -0.956. The maximum Gasteiger partial charge on any atom is 0.300 e. The zero-order valence-corrected chi connectivity index (χ0v) is 19.9. The van der Waals surface area contributed by atoms with Gasteiger partial charge >= 0.3 is 0 Å². The van der Waals surface area contributed by atoms with Gasteiger partial charge in [-0.2, -0.15) is 0 Å². The number of ketones is 1. The molecular weight excluding hydrogens is 477 g/mol. The second kappa shape index (κ2) is 9.79. The van der Waals surface area contributed by atoms with E-state index >= 15 is 0 Å². The molecule has 1 aliphatic rings. The van der Waals surface area contributed by atoms with Crippen LogP contribution < -0.4 is 14.4 Å². The molecule has 3 aromatic rings. The first kappa shape index (κ1) is 23.7. The van der Waals surface area contributed by atoms with Crippen molar-refractivity contribution in [3.8, 4) is 11.5 Å². The molecule has 3 aromatic carbocycles. The molecule has 0 saturated carbocycles. The fourth-order valence-electron chi connectivity index (χ4n) is 3.94. The quantitative estimate of drug-likeness (QED) is 0.255. The summed E-state index contributed by atoms with van der Waals surface area (Å²) in [6.45, 7) is 2.23. The highest BCUT2D eigenvalue weighted by Gasteiger charge is 2.47. The van der Waals surface area contributed by atoms with Gasteiger partial charge in [0.25, 0.3) is 11.7 Å². The summed E-state index contributed by atoms with van der Waals surface area (Å²) in [5.41, 5.74) is 1.28. The molecule has 34 heavy (non-hydrogen) atoms. The van der Waals surface area contributed by atoms with Crippen molar-refractivity contribution in [1.29, 1.82) is 0 Å². The van der Waals surface area contributed by atoms with Gasteiger partial charge in [0.05, 0.1) is 25.3 Å². The average Bonchev–Trinajstić information content (AvgIpc) is 3.10. The van der Waals surface area contributed by atoms with Gasteiger partial charge in [0, 0.05) is 21.3 Å². The molecule has 174 valence electrons. The predicted octanol–water partition coefficient (Wildman–Crippen LogP) is 6.03. The third-order valence-corrected chi connectivity index (χ3v) is 5.94. The largest absolute Gasteiger partial charge is 0.507 e. The number of ether oxygens (including phenoxy) is 2. The van der Waals surface area contributed by atoms with Crippen LogP contribution in [0.4, 0.5) is 5.69 Å². The molecule has 8 heteroatoms. The second-order valence-corrected chi connectivity index (χ2v) is 8.37. The molecule has 1 unspecified atom stereocenters. The monoisotopic (exact) mass is 497 g/mol. The van der Waals surface area contributed by atoms with Crippen LogP contribution in [0, 0.1) is 0 Å². The number of amides is 1. The number of carbonyl (C=O) groups excluding carboxylic acids is 2. The first-order valence-electron chi connectivity index (χ1n) is 10.5. The van der Waals surface area contributed by atoms with E-state index in [0.717, 1.165) is 0 Å². The minimum atomic E-state index is -0.926. The predicted molar refractivity (Wildman–Crippen MR) is 132 cm³/mol. The number of hydrogen-bond donors (Lipinski definition) is 1. The molecule has 1 saturated heterocycles. The van der Waals surface area contributed by atoms with Gasteiger partial charge in [0.2, 0.25) is 0 Å². The number of carbonyl (C=O) groups is 2. The number of methoxy groups -OCH3 is 1. The minimum absolute atomic E-state index is 0.0603. The van der Waals surface area contributed by atoms with E-state index < -0.39 is 17.7 Å². The highest BCUT2D eigenvalue weighted by atomic mass is 35.5. The lowest BCUT2D eigenvalue weighted by Gasteiger charge is -2.26.